The number of nitrogens with one attached hydrogen (secondary N) is 1. The summed E-state index contributed by atoms with van der Waals surface area (Å²) < 4.78 is 21.8. The first kappa shape index (κ1) is 15.1. The quantitative estimate of drug-likeness (QED) is 0.894. The van der Waals surface area contributed by atoms with Crippen LogP contribution in [0.2, 0.25) is 0 Å². The minimum Gasteiger partial charge on any atom is -0.497 e. The molecule has 0 saturated carbocycles. The molecule has 1 fully saturated rings. The summed E-state index contributed by atoms with van der Waals surface area (Å²) >= 11 is 0. The number of hydrogen-bond donors (Lipinski definition) is 1. The van der Waals surface area contributed by atoms with Crippen LogP contribution in [0.3, 0.4) is 0 Å². The van der Waals surface area contributed by atoms with Crippen molar-refractivity contribution in [3.05, 3.63) is 23.8 Å². The van der Waals surface area contributed by atoms with E-state index in [1.165, 1.54) is 0 Å². The number of rotatable bonds is 5. The normalized spacial score (nSPS) is 18.8. The molecule has 5 heteroatoms. The molecule has 0 bridgehead atoms. The zero-order chi connectivity index (χ0) is 14.6. The zero-order valence-electron chi connectivity index (χ0n) is 12.6. The number of hydrogen-bond acceptors (Lipinski definition) is 5. The zero-order valence-corrected chi connectivity index (χ0v) is 12.6. The average molecular weight is 281 g/mol. The van der Waals surface area contributed by atoms with Crippen molar-refractivity contribution in [2.45, 2.75) is 32.2 Å². The highest BCUT2D eigenvalue weighted by molar-refractivity contribution is 5.40. The summed E-state index contributed by atoms with van der Waals surface area (Å²) in [5, 5.41) is 3.42. The van der Waals surface area contributed by atoms with Crippen LogP contribution in [0.1, 0.15) is 19.4 Å². The highest BCUT2D eigenvalue weighted by Gasteiger charge is 2.27. The third kappa shape index (κ3) is 3.85. The lowest BCUT2D eigenvalue weighted by atomic mass is 10.1. The summed E-state index contributed by atoms with van der Waals surface area (Å²) in [5.41, 5.74) is 1.08. The standard InChI is InChI=1S/C15H23NO4/c1-15(2)19-9-12(10-20-15)16-8-11-5-6-13(17-3)7-14(11)18-4/h5-7,12,16H,8-10H2,1-4H3. The topological polar surface area (TPSA) is 49.0 Å². The Morgan fingerprint density at radius 2 is 1.90 bits per heavy atom. The fraction of sp³-hybridized carbons (Fsp3) is 0.600. The summed E-state index contributed by atoms with van der Waals surface area (Å²) in [6.45, 7) is 5.84. The maximum absolute atomic E-state index is 5.62. The molecule has 0 radical (unpaired) electrons. The smallest absolute Gasteiger partial charge is 0.162 e. The van der Waals surface area contributed by atoms with Gasteiger partial charge >= 0.3 is 0 Å². The van der Waals surface area contributed by atoms with Gasteiger partial charge in [0.2, 0.25) is 0 Å². The lowest BCUT2D eigenvalue weighted by molar-refractivity contribution is -0.253. The fourth-order valence-electron chi connectivity index (χ4n) is 2.06. The number of benzene rings is 1. The molecule has 1 heterocycles. The van der Waals surface area contributed by atoms with Crippen LogP contribution < -0.4 is 14.8 Å². The van der Waals surface area contributed by atoms with E-state index in [0.717, 1.165) is 17.1 Å². The van der Waals surface area contributed by atoms with Crippen molar-refractivity contribution < 1.29 is 18.9 Å². The second-order valence-electron chi connectivity index (χ2n) is 5.28. The van der Waals surface area contributed by atoms with E-state index in [9.17, 15) is 0 Å². The van der Waals surface area contributed by atoms with E-state index >= 15 is 0 Å². The predicted octanol–water partition coefficient (Wildman–Crippen LogP) is 1.94. The van der Waals surface area contributed by atoms with Crippen molar-refractivity contribution in [3.8, 4) is 11.5 Å². The summed E-state index contributed by atoms with van der Waals surface area (Å²) in [6.07, 6.45) is 0. The summed E-state index contributed by atoms with van der Waals surface area (Å²) in [6, 6.07) is 6.00. The van der Waals surface area contributed by atoms with Crippen molar-refractivity contribution in [1.29, 1.82) is 0 Å². The van der Waals surface area contributed by atoms with Gasteiger partial charge in [0.1, 0.15) is 11.5 Å². The molecule has 0 aromatic heterocycles. The Balaban J connectivity index is 1.91. The lowest BCUT2D eigenvalue weighted by Gasteiger charge is -2.35. The molecule has 1 aromatic rings. The molecule has 0 amide bonds. The van der Waals surface area contributed by atoms with Gasteiger partial charge in [-0.3, -0.25) is 0 Å². The molecule has 0 unspecified atom stereocenters. The van der Waals surface area contributed by atoms with Crippen molar-refractivity contribution in [1.82, 2.24) is 5.32 Å². The monoisotopic (exact) mass is 281 g/mol. The summed E-state index contributed by atoms with van der Waals surface area (Å²) in [4.78, 5) is 0. The van der Waals surface area contributed by atoms with E-state index in [-0.39, 0.29) is 6.04 Å². The first-order valence-corrected chi connectivity index (χ1v) is 6.76. The average Bonchev–Trinajstić information content (AvgIpc) is 2.46. The molecule has 0 spiro atoms. The molecular weight excluding hydrogens is 258 g/mol. The highest BCUT2D eigenvalue weighted by Crippen LogP contribution is 2.25. The molecule has 1 aromatic carbocycles. The molecule has 0 aliphatic carbocycles. The molecule has 5 nitrogen and oxygen atoms in total. The second-order valence-corrected chi connectivity index (χ2v) is 5.28. The van der Waals surface area contributed by atoms with Crippen LogP contribution in [0.4, 0.5) is 0 Å². The summed E-state index contributed by atoms with van der Waals surface area (Å²) in [5.74, 6) is 1.13. The minimum absolute atomic E-state index is 0.190. The van der Waals surface area contributed by atoms with Gasteiger partial charge in [-0.05, 0) is 19.9 Å². The van der Waals surface area contributed by atoms with Gasteiger partial charge in [0, 0.05) is 18.2 Å². The van der Waals surface area contributed by atoms with Gasteiger partial charge in [-0.1, -0.05) is 6.07 Å². The van der Waals surface area contributed by atoms with E-state index < -0.39 is 5.79 Å². The largest absolute Gasteiger partial charge is 0.497 e. The third-order valence-corrected chi connectivity index (χ3v) is 3.34. The van der Waals surface area contributed by atoms with Crippen molar-refractivity contribution in [2.24, 2.45) is 0 Å². The maximum atomic E-state index is 5.62. The van der Waals surface area contributed by atoms with Crippen molar-refractivity contribution in [2.75, 3.05) is 27.4 Å². The number of methoxy groups -OCH3 is 2. The fourth-order valence-corrected chi connectivity index (χ4v) is 2.06. The van der Waals surface area contributed by atoms with Gasteiger partial charge in [0.15, 0.2) is 5.79 Å². The molecule has 2 rings (SSSR count). The van der Waals surface area contributed by atoms with E-state index in [2.05, 4.69) is 5.32 Å². The maximum Gasteiger partial charge on any atom is 0.162 e. The van der Waals surface area contributed by atoms with E-state index in [1.54, 1.807) is 14.2 Å². The molecule has 1 N–H and O–H groups in total. The Bertz CT molecular complexity index is 437. The first-order valence-electron chi connectivity index (χ1n) is 6.76. The van der Waals surface area contributed by atoms with Gasteiger partial charge in [-0.15, -0.1) is 0 Å². The Morgan fingerprint density at radius 1 is 1.20 bits per heavy atom. The molecule has 1 aliphatic heterocycles. The predicted molar refractivity (Wildman–Crippen MR) is 76.2 cm³/mol. The van der Waals surface area contributed by atoms with Crippen molar-refractivity contribution in [3.63, 3.8) is 0 Å². The molecule has 1 aliphatic rings. The molecule has 112 valence electrons. The SMILES string of the molecule is COc1ccc(CNC2COC(C)(C)OC2)c(OC)c1. The minimum atomic E-state index is -0.476. The number of ether oxygens (including phenoxy) is 4. The Kier molecular flexibility index (Phi) is 4.86. The van der Waals surface area contributed by atoms with Gasteiger partial charge in [0.25, 0.3) is 0 Å². The van der Waals surface area contributed by atoms with E-state index in [4.69, 9.17) is 18.9 Å². The Hall–Kier alpha value is -1.30. The molecule has 20 heavy (non-hydrogen) atoms. The van der Waals surface area contributed by atoms with Gasteiger partial charge in [-0.25, -0.2) is 0 Å². The van der Waals surface area contributed by atoms with Crippen LogP contribution in [0.5, 0.6) is 11.5 Å². The van der Waals surface area contributed by atoms with Crippen LogP contribution in [0, 0.1) is 0 Å². The second kappa shape index (κ2) is 6.43. The van der Waals surface area contributed by atoms with Crippen LogP contribution in [-0.2, 0) is 16.0 Å². The van der Waals surface area contributed by atoms with Gasteiger partial charge < -0.3 is 24.3 Å². The molecular formula is C15H23NO4. The Labute approximate surface area is 120 Å². The third-order valence-electron chi connectivity index (χ3n) is 3.34. The van der Waals surface area contributed by atoms with Crippen LogP contribution in [0.15, 0.2) is 18.2 Å². The lowest BCUT2D eigenvalue weighted by Crippen LogP contribution is -2.48. The van der Waals surface area contributed by atoms with Gasteiger partial charge in [0.05, 0.1) is 33.5 Å². The highest BCUT2D eigenvalue weighted by atomic mass is 16.7. The van der Waals surface area contributed by atoms with E-state index in [1.807, 2.05) is 32.0 Å². The molecule has 1 saturated heterocycles. The summed E-state index contributed by atoms with van der Waals surface area (Å²) in [7, 11) is 3.30. The van der Waals surface area contributed by atoms with Crippen LogP contribution >= 0.6 is 0 Å². The van der Waals surface area contributed by atoms with Gasteiger partial charge in [-0.2, -0.15) is 0 Å². The van der Waals surface area contributed by atoms with Crippen LogP contribution in [0.25, 0.3) is 0 Å². The van der Waals surface area contributed by atoms with Crippen molar-refractivity contribution >= 4 is 0 Å². The molecule has 0 atom stereocenters. The first-order chi connectivity index (χ1) is 9.54. The van der Waals surface area contributed by atoms with E-state index in [0.29, 0.717) is 19.8 Å². The Morgan fingerprint density at radius 3 is 2.50 bits per heavy atom. The van der Waals surface area contributed by atoms with Crippen LogP contribution in [-0.4, -0.2) is 39.3 Å².